The lowest BCUT2D eigenvalue weighted by atomic mass is 10.1. The number of pyridine rings is 1. The molecule has 1 rings (SSSR count). The van der Waals surface area contributed by atoms with Crippen LogP contribution < -0.4 is 0 Å². The largest absolute Gasteiger partial charge is 0.458 e. The van der Waals surface area contributed by atoms with E-state index in [4.69, 9.17) is 9.47 Å². The first-order chi connectivity index (χ1) is 12.4. The summed E-state index contributed by atoms with van der Waals surface area (Å²) in [5.74, 6) is 0.470. The average Bonchev–Trinajstić information content (AvgIpc) is 2.58. The van der Waals surface area contributed by atoms with Gasteiger partial charge in [-0.05, 0) is 31.9 Å². The summed E-state index contributed by atoms with van der Waals surface area (Å²) < 4.78 is 22.5. The van der Waals surface area contributed by atoms with Crippen LogP contribution in [0, 0.1) is 25.2 Å². The zero-order chi connectivity index (χ0) is 19.5. The highest BCUT2D eigenvalue weighted by molar-refractivity contribution is 7.99. The highest BCUT2D eigenvalue weighted by Crippen LogP contribution is 2.23. The smallest absolute Gasteiger partial charge is 0.316 e. The lowest BCUT2D eigenvalue weighted by Crippen LogP contribution is -2.30. The molecule has 0 saturated heterocycles. The topological polar surface area (TPSA) is 89.3 Å². The predicted molar refractivity (Wildman–Crippen MR) is 104 cm³/mol. The van der Waals surface area contributed by atoms with Gasteiger partial charge in [0.2, 0.25) is 0 Å². The molecule has 0 saturated carbocycles. The molecule has 1 aromatic heterocycles. The fourth-order valence-electron chi connectivity index (χ4n) is 2.29. The third-order valence-electron chi connectivity index (χ3n) is 3.50. The molecule has 8 heteroatoms. The van der Waals surface area contributed by atoms with Crippen LogP contribution in [0.25, 0.3) is 0 Å². The van der Waals surface area contributed by atoms with Crippen molar-refractivity contribution < 1.29 is 18.5 Å². The monoisotopic (exact) mass is 398 g/mol. The Morgan fingerprint density at radius 1 is 1.46 bits per heavy atom. The zero-order valence-electron chi connectivity index (χ0n) is 15.7. The van der Waals surface area contributed by atoms with Gasteiger partial charge in [-0.25, -0.2) is 4.98 Å². The van der Waals surface area contributed by atoms with E-state index < -0.39 is 22.9 Å². The number of hydrogen-bond acceptors (Lipinski definition) is 7. The fraction of sp³-hybridized carbons (Fsp3) is 0.611. The summed E-state index contributed by atoms with van der Waals surface area (Å²) in [5, 5.41) is 9.80. The number of methoxy groups -OCH3 is 1. The summed E-state index contributed by atoms with van der Waals surface area (Å²) in [6.45, 7) is 5.93. The van der Waals surface area contributed by atoms with E-state index in [1.165, 1.54) is 18.9 Å². The third-order valence-corrected chi connectivity index (χ3v) is 5.93. The minimum absolute atomic E-state index is 0.0341. The SMILES string of the molecule is CCCCS(=O)CC(COC)OC(=O)CSc1nc(C)cc(C)c1C#N. The Hall–Kier alpha value is -1.43. The molecular formula is C18H26N2O4S2. The molecule has 0 bridgehead atoms. The summed E-state index contributed by atoms with van der Waals surface area (Å²) in [6.07, 6.45) is 1.32. The maximum atomic E-state index is 12.2. The normalized spacial score (nSPS) is 13.0. The minimum Gasteiger partial charge on any atom is -0.458 e. The number of rotatable bonds is 11. The number of aromatic nitrogens is 1. The Labute approximate surface area is 162 Å². The van der Waals surface area contributed by atoms with E-state index in [1.807, 2.05) is 26.8 Å². The second-order valence-corrected chi connectivity index (χ2v) is 8.48. The van der Waals surface area contributed by atoms with Crippen molar-refractivity contribution in [1.82, 2.24) is 4.98 Å². The molecule has 0 aliphatic carbocycles. The van der Waals surface area contributed by atoms with Crippen molar-refractivity contribution in [3.05, 3.63) is 22.9 Å². The molecule has 0 aliphatic heterocycles. The number of ether oxygens (including phenoxy) is 2. The van der Waals surface area contributed by atoms with Gasteiger partial charge in [-0.1, -0.05) is 25.1 Å². The second-order valence-electron chi connectivity index (χ2n) is 5.89. The first-order valence-electron chi connectivity index (χ1n) is 8.45. The predicted octanol–water partition coefficient (Wildman–Crippen LogP) is 2.77. The Bertz CT molecular complexity index is 674. The Kier molecular flexibility index (Phi) is 10.5. The van der Waals surface area contributed by atoms with Crippen molar-refractivity contribution >= 4 is 28.5 Å². The van der Waals surface area contributed by atoms with Crippen LogP contribution in [-0.4, -0.2) is 52.2 Å². The van der Waals surface area contributed by atoms with Crippen LogP contribution in [-0.2, 0) is 25.1 Å². The molecule has 0 aromatic carbocycles. The Morgan fingerprint density at radius 3 is 2.81 bits per heavy atom. The summed E-state index contributed by atoms with van der Waals surface area (Å²) in [5.41, 5.74) is 2.10. The van der Waals surface area contributed by atoms with Gasteiger partial charge in [0, 0.05) is 29.4 Å². The molecule has 0 spiro atoms. The Morgan fingerprint density at radius 2 is 2.19 bits per heavy atom. The highest BCUT2D eigenvalue weighted by Gasteiger charge is 2.19. The van der Waals surface area contributed by atoms with Crippen LogP contribution in [0.5, 0.6) is 0 Å². The number of nitriles is 1. The van der Waals surface area contributed by atoms with Gasteiger partial charge in [0.15, 0.2) is 0 Å². The number of unbranched alkanes of at least 4 members (excludes halogenated alkanes) is 1. The van der Waals surface area contributed by atoms with Crippen molar-refractivity contribution in [2.75, 3.05) is 31.0 Å². The van der Waals surface area contributed by atoms with Crippen molar-refractivity contribution in [1.29, 1.82) is 5.26 Å². The average molecular weight is 399 g/mol. The molecule has 6 nitrogen and oxygen atoms in total. The van der Waals surface area contributed by atoms with Crippen molar-refractivity contribution in [2.24, 2.45) is 0 Å². The van der Waals surface area contributed by atoms with Crippen molar-refractivity contribution in [3.63, 3.8) is 0 Å². The van der Waals surface area contributed by atoms with E-state index in [-0.39, 0.29) is 18.1 Å². The van der Waals surface area contributed by atoms with Crippen LogP contribution in [0.2, 0.25) is 0 Å². The van der Waals surface area contributed by atoms with Gasteiger partial charge in [0.1, 0.15) is 17.2 Å². The van der Waals surface area contributed by atoms with Gasteiger partial charge in [-0.2, -0.15) is 5.26 Å². The quantitative estimate of drug-likeness (QED) is 0.418. The Balaban J connectivity index is 2.64. The number of esters is 1. The molecule has 26 heavy (non-hydrogen) atoms. The molecular weight excluding hydrogens is 372 g/mol. The number of aryl methyl sites for hydroxylation is 2. The van der Waals surface area contributed by atoms with E-state index in [1.54, 1.807) is 0 Å². The summed E-state index contributed by atoms with van der Waals surface area (Å²) in [6, 6.07) is 3.96. The van der Waals surface area contributed by atoms with Crippen LogP contribution in [0.3, 0.4) is 0 Å². The molecule has 1 heterocycles. The van der Waals surface area contributed by atoms with E-state index >= 15 is 0 Å². The molecule has 0 fully saturated rings. The fourth-order valence-corrected chi connectivity index (χ4v) is 4.53. The zero-order valence-corrected chi connectivity index (χ0v) is 17.4. The second kappa shape index (κ2) is 12.0. The molecule has 2 atom stereocenters. The van der Waals surface area contributed by atoms with Crippen molar-refractivity contribution in [3.8, 4) is 6.07 Å². The molecule has 0 radical (unpaired) electrons. The van der Waals surface area contributed by atoms with E-state index in [0.29, 0.717) is 16.3 Å². The lowest BCUT2D eigenvalue weighted by molar-refractivity contribution is -0.146. The highest BCUT2D eigenvalue weighted by atomic mass is 32.2. The van der Waals surface area contributed by atoms with Crippen LogP contribution >= 0.6 is 11.8 Å². The van der Waals surface area contributed by atoms with Crippen LogP contribution in [0.4, 0.5) is 0 Å². The van der Waals surface area contributed by atoms with Gasteiger partial charge < -0.3 is 9.47 Å². The van der Waals surface area contributed by atoms with Gasteiger partial charge in [0.25, 0.3) is 0 Å². The molecule has 144 valence electrons. The molecule has 0 N–H and O–H groups in total. The standard InChI is InChI=1S/C18H26N2O4S2/c1-5-6-7-26(22)12-15(10-23-4)24-17(21)11-25-18-16(9-19)13(2)8-14(3)20-18/h8,15H,5-7,10-12H2,1-4H3. The van der Waals surface area contributed by atoms with Gasteiger partial charge in [0.05, 0.1) is 23.7 Å². The first kappa shape index (κ1) is 22.6. The number of hydrogen-bond donors (Lipinski definition) is 0. The van der Waals surface area contributed by atoms with Crippen LogP contribution in [0.1, 0.15) is 36.6 Å². The number of carbonyl (C=O) groups is 1. The van der Waals surface area contributed by atoms with Gasteiger partial charge >= 0.3 is 5.97 Å². The number of thioether (sulfide) groups is 1. The first-order valence-corrected chi connectivity index (χ1v) is 10.9. The lowest BCUT2D eigenvalue weighted by Gasteiger charge is -2.17. The van der Waals surface area contributed by atoms with E-state index in [2.05, 4.69) is 11.1 Å². The van der Waals surface area contributed by atoms with E-state index in [9.17, 15) is 14.3 Å². The molecule has 2 unspecified atom stereocenters. The third kappa shape index (κ3) is 7.85. The van der Waals surface area contributed by atoms with E-state index in [0.717, 1.165) is 24.1 Å². The molecule has 1 aromatic rings. The molecule has 0 aliphatic rings. The van der Waals surface area contributed by atoms with Crippen molar-refractivity contribution in [2.45, 2.75) is 44.7 Å². The van der Waals surface area contributed by atoms with Gasteiger partial charge in [-0.3, -0.25) is 9.00 Å². The number of carbonyl (C=O) groups excluding carboxylic acids is 1. The minimum atomic E-state index is -1.04. The summed E-state index contributed by atoms with van der Waals surface area (Å²) in [4.78, 5) is 16.5. The maximum absolute atomic E-state index is 12.2. The maximum Gasteiger partial charge on any atom is 0.316 e. The number of nitrogens with zero attached hydrogens (tertiary/aromatic N) is 2. The van der Waals surface area contributed by atoms with Gasteiger partial charge in [-0.15, -0.1) is 0 Å². The van der Waals surface area contributed by atoms with Crippen LogP contribution in [0.15, 0.2) is 11.1 Å². The molecule has 0 amide bonds. The summed E-state index contributed by atoms with van der Waals surface area (Å²) >= 11 is 1.18. The summed E-state index contributed by atoms with van der Waals surface area (Å²) in [7, 11) is 0.479.